The van der Waals surface area contributed by atoms with Crippen molar-refractivity contribution in [1.82, 2.24) is 0 Å². The fourth-order valence-corrected chi connectivity index (χ4v) is 17.6. The molecule has 0 radical (unpaired) electrons. The summed E-state index contributed by atoms with van der Waals surface area (Å²) in [4.78, 5) is 78.2. The van der Waals surface area contributed by atoms with Crippen LogP contribution in [0.5, 0.6) is 0 Å². The summed E-state index contributed by atoms with van der Waals surface area (Å²) < 4.78 is 42.0. The average Bonchev–Trinajstić information content (AvgIpc) is 0.896. The molecule has 15 heteroatoms. The molecule has 11 atom stereocenters. The van der Waals surface area contributed by atoms with Crippen LogP contribution >= 0.6 is 0 Å². The van der Waals surface area contributed by atoms with Crippen LogP contribution in [0.25, 0.3) is 0 Å². The summed E-state index contributed by atoms with van der Waals surface area (Å²) >= 11 is 0. The lowest BCUT2D eigenvalue weighted by molar-refractivity contribution is -0.164. The van der Waals surface area contributed by atoms with Crippen LogP contribution in [0.1, 0.15) is 379 Å². The molecule has 0 bridgehead atoms. The molecule has 9 unspecified atom stereocenters. The molecule has 7 rings (SSSR count). The summed E-state index contributed by atoms with van der Waals surface area (Å²) in [5.41, 5.74) is 4.84. The lowest BCUT2D eigenvalue weighted by Gasteiger charge is -2.40. The predicted octanol–water partition coefficient (Wildman–Crippen LogP) is 24.5. The number of ether oxygens (including phenoxy) is 8. The standard InChI is InChI=1S/C17H32O3.C15H26O4.C14H24O4.C13H24O.C13H20O.C11H20O2.C11H20/c1-7-15(18)19-12-17(5,6)20-13(2)14-9-8-10-16(3,4)11-14;1-5-13(16)18-10-14(17)19-11(2)12-7-6-8-15(3,4)9-12;1-10(18-13(16)8-12(15)17-4)11-6-5-7-14(2,3)9-11;1-10(2)14-11(3)12-7-6-8-13(4,5)9-12;1-4-5-8-12(14)11-7-6-9-13(2,3)10-11;1-9(13-8-12)10-5-4-6-11(2,3)7-10;1-9(2)10-6-5-7-11(3,4)8-10/h13-14H,7-12H2,1-6H3;11-12H,5-10H2,1-4H3;10-11H,5-9H2,1-4H3;11-12H,1,6-9H2,2-5H3;4,10H,1,5-9H2,2-3H3;8-10H,4-7H2,1-3H3;10H,1,5-8H2,2-4H3/t;11-,12+;;;;;/m.0...../s1. The highest BCUT2D eigenvalue weighted by atomic mass is 16.6. The first-order valence-electron chi connectivity index (χ1n) is 42.7. The highest BCUT2D eigenvalue weighted by Gasteiger charge is 2.38. The zero-order chi connectivity index (χ0) is 83.4. The highest BCUT2D eigenvalue weighted by Crippen LogP contribution is 2.46. The number of methoxy groups -OCH3 is 1. The molecule has 0 amide bonds. The van der Waals surface area contributed by atoms with Crippen LogP contribution in [0.15, 0.2) is 48.8 Å². The Bertz CT molecular complexity index is 2780. The molecular weight excluding hydrogens is 1370 g/mol. The monoisotopic (exact) mass is 1540 g/mol. The molecule has 632 valence electrons. The maximum absolute atomic E-state index is 11.7. The van der Waals surface area contributed by atoms with E-state index in [9.17, 15) is 33.6 Å². The van der Waals surface area contributed by atoms with E-state index in [0.29, 0.717) is 94.0 Å². The van der Waals surface area contributed by atoms with Gasteiger partial charge in [0.05, 0.1) is 30.7 Å². The Morgan fingerprint density at radius 2 is 0.872 bits per heavy atom. The summed E-state index contributed by atoms with van der Waals surface area (Å²) in [6, 6.07) is 0. The normalized spacial score (nSPS) is 25.2. The average molecular weight is 1540 g/mol. The molecule has 0 aliphatic heterocycles. The molecule has 7 aliphatic carbocycles. The Morgan fingerprint density at radius 1 is 0.495 bits per heavy atom. The number of carbonyl (C=O) groups is 7. The number of rotatable bonds is 26. The molecule has 0 spiro atoms. The Hall–Kier alpha value is -4.79. The van der Waals surface area contributed by atoms with Gasteiger partial charge in [-0.1, -0.05) is 180 Å². The minimum Gasteiger partial charge on any atom is -0.496 e. The topological polar surface area (TPSA) is 193 Å². The maximum atomic E-state index is 11.7. The van der Waals surface area contributed by atoms with Gasteiger partial charge in [-0.05, 0) is 283 Å². The molecular formula is C94H166O15. The number of esters is 5. The molecule has 6 saturated carbocycles. The lowest BCUT2D eigenvalue weighted by Crippen LogP contribution is -2.40. The van der Waals surface area contributed by atoms with Gasteiger partial charge in [0.25, 0.3) is 6.47 Å². The second kappa shape index (κ2) is 49.1. The van der Waals surface area contributed by atoms with E-state index in [1.54, 1.807) is 6.92 Å². The van der Waals surface area contributed by atoms with Gasteiger partial charge in [-0.2, -0.15) is 0 Å². The molecule has 0 aromatic carbocycles. The van der Waals surface area contributed by atoms with Crippen LogP contribution in [0.4, 0.5) is 0 Å². The Labute approximate surface area is 667 Å². The third kappa shape index (κ3) is 45.6. The van der Waals surface area contributed by atoms with Crippen molar-refractivity contribution in [3.8, 4) is 0 Å². The van der Waals surface area contributed by atoms with Gasteiger partial charge >= 0.3 is 29.8 Å². The van der Waals surface area contributed by atoms with E-state index in [1.807, 2.05) is 54.5 Å². The third-order valence-electron chi connectivity index (χ3n) is 24.0. The second-order valence-corrected chi connectivity index (χ2v) is 39.9. The molecule has 0 saturated heterocycles. The summed E-state index contributed by atoms with van der Waals surface area (Å²) in [5, 5.41) is 0. The van der Waals surface area contributed by atoms with Crippen LogP contribution < -0.4 is 0 Å². The maximum Gasteiger partial charge on any atom is 0.344 e. The van der Waals surface area contributed by atoms with Gasteiger partial charge in [0, 0.05) is 19.3 Å². The van der Waals surface area contributed by atoms with E-state index in [2.05, 4.69) is 148 Å². The second-order valence-electron chi connectivity index (χ2n) is 39.9. The number of hydrogen-bond donors (Lipinski definition) is 0. The number of carbonyl (C=O) groups excluding carboxylic acids is 7. The SMILES string of the molecule is C=C(C)C1CCCC(C)(C)C1.C=C(C)OC(C)C1CCCC(C)(C)C1.C=CCCC(=O)C1=CC(C)(C)CCC1.CC(OC=O)C1CCCC(C)(C)C1.CCC(=O)OCC(=O)O[C@@H](C)[C@@H]1CCCC(C)(C)C1.CCC(=O)OCC(C)(C)OC(C)C1CCCC(C)(C)C1.COC(=O)CC(=O)OC(C)C1CCCC(C)(C)C1. The van der Waals surface area contributed by atoms with Gasteiger partial charge in [-0.15, -0.1) is 6.58 Å². The van der Waals surface area contributed by atoms with Gasteiger partial charge in [0.2, 0.25) is 0 Å². The smallest absolute Gasteiger partial charge is 0.344 e. The van der Waals surface area contributed by atoms with Crippen molar-refractivity contribution in [2.45, 2.75) is 415 Å². The molecule has 15 nitrogen and oxygen atoms in total. The fourth-order valence-electron chi connectivity index (χ4n) is 17.6. The van der Waals surface area contributed by atoms with Crippen molar-refractivity contribution < 1.29 is 71.5 Å². The van der Waals surface area contributed by atoms with Gasteiger partial charge in [-0.25, -0.2) is 4.79 Å². The first kappa shape index (κ1) is 102. The van der Waals surface area contributed by atoms with Crippen molar-refractivity contribution in [2.24, 2.45) is 73.4 Å². The van der Waals surface area contributed by atoms with Crippen LogP contribution in [-0.2, 0) is 71.5 Å². The fraction of sp³-hybridized carbons (Fsp3) is 0.840. The first-order valence-corrected chi connectivity index (χ1v) is 42.7. The van der Waals surface area contributed by atoms with Crippen molar-refractivity contribution in [3.05, 3.63) is 48.8 Å². The van der Waals surface area contributed by atoms with E-state index in [4.69, 9.17) is 33.2 Å². The van der Waals surface area contributed by atoms with Crippen molar-refractivity contribution in [2.75, 3.05) is 20.3 Å². The summed E-state index contributed by atoms with van der Waals surface area (Å²) in [6.07, 6.45) is 39.6. The van der Waals surface area contributed by atoms with Crippen molar-refractivity contribution >= 4 is 42.1 Å². The van der Waals surface area contributed by atoms with Gasteiger partial charge in [0.1, 0.15) is 31.3 Å². The van der Waals surface area contributed by atoms with Crippen LogP contribution in [0.3, 0.4) is 0 Å². The van der Waals surface area contributed by atoms with Gasteiger partial charge in [-0.3, -0.25) is 28.8 Å². The van der Waals surface area contributed by atoms with E-state index >= 15 is 0 Å². The minimum absolute atomic E-state index is 0.0945. The Kier molecular flexibility index (Phi) is 46.0. The molecule has 109 heavy (non-hydrogen) atoms. The minimum atomic E-state index is -0.545. The number of hydrogen-bond acceptors (Lipinski definition) is 15. The largest absolute Gasteiger partial charge is 0.496 e. The van der Waals surface area contributed by atoms with Gasteiger partial charge in [0.15, 0.2) is 12.4 Å². The molecule has 0 aromatic rings. The zero-order valence-corrected chi connectivity index (χ0v) is 74.9. The van der Waals surface area contributed by atoms with E-state index in [1.165, 1.54) is 148 Å². The molecule has 0 N–H and O–H groups in total. The van der Waals surface area contributed by atoms with E-state index in [0.717, 1.165) is 68.1 Å². The molecule has 0 heterocycles. The summed E-state index contributed by atoms with van der Waals surface area (Å²) in [7, 11) is 1.27. The number of ketones is 1. The van der Waals surface area contributed by atoms with Crippen molar-refractivity contribution in [1.29, 1.82) is 0 Å². The van der Waals surface area contributed by atoms with E-state index < -0.39 is 23.5 Å². The molecule has 0 aromatic heterocycles. The van der Waals surface area contributed by atoms with Crippen molar-refractivity contribution in [3.63, 3.8) is 0 Å². The lowest BCUT2D eigenvalue weighted by atomic mass is 9.70. The van der Waals surface area contributed by atoms with E-state index in [-0.39, 0.29) is 61.2 Å². The summed E-state index contributed by atoms with van der Waals surface area (Å²) in [5.74, 6) is 2.66. The zero-order valence-electron chi connectivity index (χ0n) is 74.9. The quantitative estimate of drug-likeness (QED) is 0.0198. The highest BCUT2D eigenvalue weighted by molar-refractivity contribution is 5.95. The van der Waals surface area contributed by atoms with Crippen LogP contribution in [-0.4, -0.2) is 98.5 Å². The Morgan fingerprint density at radius 3 is 1.22 bits per heavy atom. The number of allylic oxidation sites excluding steroid dienone is 5. The summed E-state index contributed by atoms with van der Waals surface area (Å²) in [6.45, 7) is 66.1. The van der Waals surface area contributed by atoms with Crippen LogP contribution in [0, 0.1) is 73.4 Å². The molecule has 7 aliphatic rings. The third-order valence-corrected chi connectivity index (χ3v) is 24.0. The van der Waals surface area contributed by atoms with Crippen LogP contribution in [0.2, 0.25) is 0 Å². The predicted molar refractivity (Wildman–Crippen MR) is 446 cm³/mol. The number of Topliss-reactive ketones (excluding diaryl/α,β-unsaturated/α-hetero) is 1. The molecule has 6 fully saturated rings. The van der Waals surface area contributed by atoms with Gasteiger partial charge < -0.3 is 37.9 Å². The first-order chi connectivity index (χ1) is 50.3. The Balaban J connectivity index is 0.000000641.